The first-order valence-electron chi connectivity index (χ1n) is 9.10. The van der Waals surface area contributed by atoms with Crippen molar-refractivity contribution >= 4 is 5.69 Å². The molecule has 1 heterocycles. The molecule has 5 heteroatoms. The molecule has 0 bridgehead atoms. The topological polar surface area (TPSA) is 34.2 Å². The van der Waals surface area contributed by atoms with Crippen molar-refractivity contribution in [3.05, 3.63) is 48.0 Å². The Hall–Kier alpha value is -2.40. The highest BCUT2D eigenvalue weighted by molar-refractivity contribution is 5.57. The van der Waals surface area contributed by atoms with Crippen LogP contribution in [-0.4, -0.2) is 52.4 Å². The number of para-hydroxylation sites is 1. The maximum atomic E-state index is 6.02. The van der Waals surface area contributed by atoms with Gasteiger partial charge in [-0.25, -0.2) is 0 Å². The Bertz CT molecular complexity index is 718. The molecule has 0 atom stereocenters. The Morgan fingerprint density at radius 1 is 0.962 bits per heavy atom. The van der Waals surface area contributed by atoms with Gasteiger partial charge in [-0.15, -0.1) is 0 Å². The second-order valence-electron chi connectivity index (χ2n) is 6.80. The fourth-order valence-corrected chi connectivity index (χ4v) is 2.95. The van der Waals surface area contributed by atoms with E-state index in [-0.39, 0.29) is 0 Å². The van der Waals surface area contributed by atoms with Crippen LogP contribution in [0.5, 0.6) is 17.2 Å². The summed E-state index contributed by atoms with van der Waals surface area (Å²) in [6, 6.07) is 14.3. The van der Waals surface area contributed by atoms with E-state index < -0.39 is 0 Å². The zero-order valence-electron chi connectivity index (χ0n) is 15.9. The predicted octanol–water partition coefficient (Wildman–Crippen LogP) is 3.42. The van der Waals surface area contributed by atoms with Gasteiger partial charge in [-0.2, -0.15) is 0 Å². The van der Waals surface area contributed by atoms with Crippen LogP contribution in [0.2, 0.25) is 0 Å². The van der Waals surface area contributed by atoms with E-state index in [9.17, 15) is 0 Å². The van der Waals surface area contributed by atoms with Gasteiger partial charge >= 0.3 is 0 Å². The highest BCUT2D eigenvalue weighted by Gasteiger charge is 2.14. The number of anilines is 1. The molecule has 0 fully saturated rings. The molecule has 3 rings (SSSR count). The van der Waals surface area contributed by atoms with E-state index in [0.29, 0.717) is 13.2 Å². The molecule has 0 saturated heterocycles. The van der Waals surface area contributed by atoms with E-state index in [1.807, 2.05) is 24.3 Å². The summed E-state index contributed by atoms with van der Waals surface area (Å²) in [6.45, 7) is 3.73. The SMILES string of the molecule is CN(C)CCCOc1ccccc1CN(C)c1ccc2c(c1)OCCO2. The molecule has 1 aliphatic heterocycles. The molecule has 26 heavy (non-hydrogen) atoms. The Kier molecular flexibility index (Phi) is 6.23. The molecule has 0 amide bonds. The van der Waals surface area contributed by atoms with Crippen LogP contribution in [0.25, 0.3) is 0 Å². The van der Waals surface area contributed by atoms with Gasteiger partial charge in [0, 0.05) is 37.5 Å². The molecule has 1 aliphatic rings. The zero-order valence-corrected chi connectivity index (χ0v) is 15.9. The van der Waals surface area contributed by atoms with Crippen LogP contribution < -0.4 is 19.1 Å². The normalized spacial score (nSPS) is 12.9. The molecule has 2 aromatic rings. The van der Waals surface area contributed by atoms with Gasteiger partial charge in [0.05, 0.1) is 6.61 Å². The van der Waals surface area contributed by atoms with Crippen molar-refractivity contribution < 1.29 is 14.2 Å². The zero-order chi connectivity index (χ0) is 18.4. The average molecular weight is 356 g/mol. The van der Waals surface area contributed by atoms with Gasteiger partial charge in [-0.1, -0.05) is 18.2 Å². The number of benzene rings is 2. The van der Waals surface area contributed by atoms with E-state index in [0.717, 1.165) is 49.1 Å². The number of fused-ring (bicyclic) bond motifs is 1. The number of hydrogen-bond acceptors (Lipinski definition) is 5. The summed E-state index contributed by atoms with van der Waals surface area (Å²) in [5.74, 6) is 2.59. The van der Waals surface area contributed by atoms with Gasteiger partial charge in [-0.3, -0.25) is 0 Å². The molecule has 0 unspecified atom stereocenters. The molecule has 0 saturated carbocycles. The summed E-state index contributed by atoms with van der Waals surface area (Å²) >= 11 is 0. The van der Waals surface area contributed by atoms with Crippen molar-refractivity contribution in [1.29, 1.82) is 0 Å². The van der Waals surface area contributed by atoms with Crippen molar-refractivity contribution in [2.75, 3.05) is 52.4 Å². The largest absolute Gasteiger partial charge is 0.493 e. The molecule has 140 valence electrons. The molecule has 5 nitrogen and oxygen atoms in total. The third kappa shape index (κ3) is 4.82. The first-order chi connectivity index (χ1) is 12.6. The van der Waals surface area contributed by atoms with Crippen molar-refractivity contribution in [3.8, 4) is 17.2 Å². The molecule has 0 spiro atoms. The van der Waals surface area contributed by atoms with Crippen LogP contribution >= 0.6 is 0 Å². The van der Waals surface area contributed by atoms with Crippen molar-refractivity contribution in [1.82, 2.24) is 4.90 Å². The lowest BCUT2D eigenvalue weighted by Crippen LogP contribution is -2.19. The smallest absolute Gasteiger partial charge is 0.163 e. The summed E-state index contributed by atoms with van der Waals surface area (Å²) in [4.78, 5) is 4.37. The Labute approximate surface area is 156 Å². The van der Waals surface area contributed by atoms with Gasteiger partial charge < -0.3 is 24.0 Å². The maximum absolute atomic E-state index is 6.02. The molecule has 0 aromatic heterocycles. The molecular formula is C21H28N2O3. The van der Waals surface area contributed by atoms with Crippen LogP contribution in [0.15, 0.2) is 42.5 Å². The summed E-state index contributed by atoms with van der Waals surface area (Å²) < 4.78 is 17.3. The van der Waals surface area contributed by atoms with E-state index in [1.165, 1.54) is 5.56 Å². The van der Waals surface area contributed by atoms with E-state index >= 15 is 0 Å². The van der Waals surface area contributed by atoms with Crippen LogP contribution in [0.3, 0.4) is 0 Å². The highest BCUT2D eigenvalue weighted by Crippen LogP contribution is 2.34. The van der Waals surface area contributed by atoms with Crippen molar-refractivity contribution in [3.63, 3.8) is 0 Å². The van der Waals surface area contributed by atoms with Crippen molar-refractivity contribution in [2.24, 2.45) is 0 Å². The summed E-state index contributed by atoms with van der Waals surface area (Å²) in [5, 5.41) is 0. The van der Waals surface area contributed by atoms with Gasteiger partial charge in [0.25, 0.3) is 0 Å². The predicted molar refractivity (Wildman–Crippen MR) is 105 cm³/mol. The minimum Gasteiger partial charge on any atom is -0.493 e. The third-order valence-electron chi connectivity index (χ3n) is 4.35. The Balaban J connectivity index is 1.64. The first-order valence-corrected chi connectivity index (χ1v) is 9.10. The Morgan fingerprint density at radius 3 is 2.54 bits per heavy atom. The standard InChI is InChI=1S/C21H28N2O3/c1-22(2)11-6-12-24-19-8-5-4-7-17(19)16-23(3)18-9-10-20-21(15-18)26-14-13-25-20/h4-5,7-10,15H,6,11-14,16H2,1-3H3. The van der Waals surface area contributed by atoms with Gasteiger partial charge in [-0.05, 0) is 38.7 Å². The summed E-state index contributed by atoms with van der Waals surface area (Å²) in [7, 11) is 6.24. The van der Waals surface area contributed by atoms with Gasteiger partial charge in [0.15, 0.2) is 11.5 Å². The van der Waals surface area contributed by atoms with Crippen LogP contribution in [-0.2, 0) is 6.54 Å². The fourth-order valence-electron chi connectivity index (χ4n) is 2.95. The number of nitrogens with zero attached hydrogens (tertiary/aromatic N) is 2. The second-order valence-corrected chi connectivity index (χ2v) is 6.80. The number of hydrogen-bond donors (Lipinski definition) is 0. The van der Waals surface area contributed by atoms with Crippen molar-refractivity contribution in [2.45, 2.75) is 13.0 Å². The summed E-state index contributed by atoms with van der Waals surface area (Å²) in [5.41, 5.74) is 2.27. The van der Waals surface area contributed by atoms with Crippen LogP contribution in [0.4, 0.5) is 5.69 Å². The quantitative estimate of drug-likeness (QED) is 0.677. The van der Waals surface area contributed by atoms with Gasteiger partial charge in [0.2, 0.25) is 0 Å². The molecule has 2 aromatic carbocycles. The minimum absolute atomic E-state index is 0.601. The lowest BCUT2D eigenvalue weighted by molar-refractivity contribution is 0.171. The van der Waals surface area contributed by atoms with E-state index in [2.05, 4.69) is 49.1 Å². The second kappa shape index (κ2) is 8.81. The fraction of sp³-hybridized carbons (Fsp3) is 0.429. The lowest BCUT2D eigenvalue weighted by Gasteiger charge is -2.24. The molecular weight excluding hydrogens is 328 g/mol. The molecule has 0 aliphatic carbocycles. The highest BCUT2D eigenvalue weighted by atomic mass is 16.6. The van der Waals surface area contributed by atoms with Crippen LogP contribution in [0, 0.1) is 0 Å². The van der Waals surface area contributed by atoms with E-state index in [1.54, 1.807) is 0 Å². The third-order valence-corrected chi connectivity index (χ3v) is 4.35. The number of ether oxygens (including phenoxy) is 3. The molecule has 0 N–H and O–H groups in total. The van der Waals surface area contributed by atoms with E-state index in [4.69, 9.17) is 14.2 Å². The van der Waals surface area contributed by atoms with Gasteiger partial charge in [0.1, 0.15) is 19.0 Å². The maximum Gasteiger partial charge on any atom is 0.163 e. The minimum atomic E-state index is 0.601. The lowest BCUT2D eigenvalue weighted by atomic mass is 10.1. The summed E-state index contributed by atoms with van der Waals surface area (Å²) in [6.07, 6.45) is 1.01. The monoisotopic (exact) mass is 356 g/mol. The number of rotatable bonds is 8. The average Bonchev–Trinajstić information content (AvgIpc) is 2.66. The first kappa shape index (κ1) is 18.4. The Morgan fingerprint density at radius 2 is 1.73 bits per heavy atom. The molecule has 0 radical (unpaired) electrons. The van der Waals surface area contributed by atoms with Crippen LogP contribution in [0.1, 0.15) is 12.0 Å².